The van der Waals surface area contributed by atoms with Crippen LogP contribution in [0.1, 0.15) is 68.9 Å². The summed E-state index contributed by atoms with van der Waals surface area (Å²) < 4.78 is 6.64. The van der Waals surface area contributed by atoms with Gasteiger partial charge >= 0.3 is 11.7 Å². The number of nitrogens with one attached hydrogen (secondary N) is 1. The zero-order valence-electron chi connectivity index (χ0n) is 21.2. The third kappa shape index (κ3) is 5.64. The van der Waals surface area contributed by atoms with Crippen molar-refractivity contribution < 1.29 is 14.3 Å². The van der Waals surface area contributed by atoms with Crippen LogP contribution in [0.5, 0.6) is 0 Å². The fourth-order valence-corrected chi connectivity index (χ4v) is 3.90. The first-order valence-electron chi connectivity index (χ1n) is 12.2. The van der Waals surface area contributed by atoms with E-state index in [0.717, 1.165) is 12.1 Å². The highest BCUT2D eigenvalue weighted by Gasteiger charge is 2.25. The summed E-state index contributed by atoms with van der Waals surface area (Å²) in [5.74, 6) is -1.29. The molecule has 10 nitrogen and oxygen atoms in total. The number of nitrogens with zero attached hydrogens (tertiary/aromatic N) is 3. The number of carbonyl (C=O) groups excluding carboxylic acids is 2. The van der Waals surface area contributed by atoms with Gasteiger partial charge in [0.25, 0.3) is 11.5 Å². The van der Waals surface area contributed by atoms with E-state index in [1.54, 1.807) is 18.2 Å². The minimum atomic E-state index is -0.762. The molecule has 2 heterocycles. The molecule has 2 aromatic heterocycles. The predicted octanol–water partition coefficient (Wildman–Crippen LogP) is 3.19. The molecule has 0 unspecified atom stereocenters. The smallest absolute Gasteiger partial charge is 0.339 e. The standard InChI is InChI=1S/C26H33N5O5/c1-5-7-13-30(22-23(27)31(12-6-2)26(35)29-24(22)33)21(32)15-36-25(34)18-14-20(16(3)4)28-19-11-9-8-10-17(18)19/h8-11,14,16H,5-7,12-13,15,27H2,1-4H3,(H,29,33,35). The summed E-state index contributed by atoms with van der Waals surface area (Å²) in [5.41, 5.74) is 6.35. The molecule has 0 spiro atoms. The van der Waals surface area contributed by atoms with Crippen LogP contribution >= 0.6 is 0 Å². The van der Waals surface area contributed by atoms with Crippen molar-refractivity contribution >= 4 is 34.3 Å². The molecule has 0 aliphatic heterocycles. The molecular weight excluding hydrogens is 462 g/mol. The van der Waals surface area contributed by atoms with Gasteiger partial charge in [0.05, 0.1) is 11.1 Å². The second kappa shape index (κ2) is 11.7. The number of rotatable bonds is 10. The van der Waals surface area contributed by atoms with E-state index in [4.69, 9.17) is 10.5 Å². The summed E-state index contributed by atoms with van der Waals surface area (Å²) in [4.78, 5) is 59.2. The van der Waals surface area contributed by atoms with E-state index in [1.807, 2.05) is 39.8 Å². The molecule has 3 N–H and O–H groups in total. The maximum atomic E-state index is 13.2. The molecule has 0 saturated heterocycles. The van der Waals surface area contributed by atoms with Gasteiger partial charge in [0.1, 0.15) is 5.82 Å². The number of pyridine rings is 1. The third-order valence-electron chi connectivity index (χ3n) is 5.84. The summed E-state index contributed by atoms with van der Waals surface area (Å²) in [5, 5.41) is 0.620. The lowest BCUT2D eigenvalue weighted by molar-refractivity contribution is -0.121. The van der Waals surface area contributed by atoms with E-state index in [9.17, 15) is 19.2 Å². The van der Waals surface area contributed by atoms with Crippen LogP contribution in [-0.4, -0.2) is 39.6 Å². The van der Waals surface area contributed by atoms with Crippen LogP contribution < -0.4 is 21.9 Å². The molecule has 1 amide bonds. The maximum Gasteiger partial charge on any atom is 0.339 e. The van der Waals surface area contributed by atoms with Gasteiger partial charge in [-0.25, -0.2) is 9.59 Å². The minimum absolute atomic E-state index is 0.0841. The Kier molecular flexibility index (Phi) is 8.63. The Labute approximate surface area is 209 Å². The fraction of sp³-hybridized carbons (Fsp3) is 0.423. The molecule has 0 fully saturated rings. The lowest BCUT2D eigenvalue weighted by atomic mass is 10.0. The van der Waals surface area contributed by atoms with Crippen molar-refractivity contribution in [1.29, 1.82) is 0 Å². The van der Waals surface area contributed by atoms with Crippen LogP contribution in [0.25, 0.3) is 10.9 Å². The Hall–Kier alpha value is -3.95. The van der Waals surface area contributed by atoms with Crippen molar-refractivity contribution in [1.82, 2.24) is 14.5 Å². The van der Waals surface area contributed by atoms with Crippen molar-refractivity contribution in [2.24, 2.45) is 0 Å². The Bertz CT molecular complexity index is 1380. The van der Waals surface area contributed by atoms with Gasteiger partial charge in [-0.05, 0) is 30.9 Å². The molecule has 0 aliphatic rings. The van der Waals surface area contributed by atoms with Crippen LogP contribution in [-0.2, 0) is 16.1 Å². The van der Waals surface area contributed by atoms with Gasteiger partial charge in [0.2, 0.25) is 0 Å². The highest BCUT2D eigenvalue weighted by molar-refractivity contribution is 6.05. The normalized spacial score (nSPS) is 11.1. The average molecular weight is 496 g/mol. The van der Waals surface area contributed by atoms with Crippen molar-refractivity contribution in [3.63, 3.8) is 0 Å². The highest BCUT2D eigenvalue weighted by atomic mass is 16.5. The number of esters is 1. The molecule has 0 saturated carbocycles. The largest absolute Gasteiger partial charge is 0.452 e. The van der Waals surface area contributed by atoms with Crippen LogP contribution in [0, 0.1) is 0 Å². The Morgan fingerprint density at radius 1 is 1.17 bits per heavy atom. The number of hydrogen-bond donors (Lipinski definition) is 2. The third-order valence-corrected chi connectivity index (χ3v) is 5.84. The number of para-hydroxylation sites is 1. The maximum absolute atomic E-state index is 13.2. The van der Waals surface area contributed by atoms with Crippen molar-refractivity contribution in [2.45, 2.75) is 59.4 Å². The number of ether oxygens (including phenoxy) is 1. The van der Waals surface area contributed by atoms with Gasteiger partial charge < -0.3 is 15.4 Å². The van der Waals surface area contributed by atoms with Crippen LogP contribution in [0.4, 0.5) is 11.5 Å². The van der Waals surface area contributed by atoms with E-state index < -0.39 is 29.7 Å². The number of H-pyrrole nitrogens is 1. The number of amides is 1. The van der Waals surface area contributed by atoms with Gasteiger partial charge in [0, 0.05) is 24.2 Å². The van der Waals surface area contributed by atoms with E-state index in [-0.39, 0.29) is 30.5 Å². The Balaban J connectivity index is 1.92. The molecule has 0 bridgehead atoms. The zero-order valence-corrected chi connectivity index (χ0v) is 21.2. The molecule has 10 heteroatoms. The summed E-state index contributed by atoms with van der Waals surface area (Å²) >= 11 is 0. The number of benzene rings is 1. The molecule has 3 aromatic rings. The SMILES string of the molecule is CCCCN(C(=O)COC(=O)c1cc(C(C)C)nc2ccccc12)c1c(N)n(CCC)c(=O)[nH]c1=O. The monoisotopic (exact) mass is 495 g/mol. The first kappa shape index (κ1) is 26.7. The van der Waals surface area contributed by atoms with E-state index in [2.05, 4.69) is 9.97 Å². The number of nitrogen functional groups attached to an aromatic ring is 1. The van der Waals surface area contributed by atoms with Crippen molar-refractivity contribution in [3.05, 3.63) is 62.4 Å². The number of anilines is 2. The topological polar surface area (TPSA) is 140 Å². The summed E-state index contributed by atoms with van der Waals surface area (Å²) in [6, 6.07) is 8.90. The van der Waals surface area contributed by atoms with Gasteiger partial charge in [-0.15, -0.1) is 0 Å². The number of hydrogen-bond acceptors (Lipinski definition) is 7. The molecule has 0 radical (unpaired) electrons. The molecular formula is C26H33N5O5. The Morgan fingerprint density at radius 2 is 1.89 bits per heavy atom. The molecule has 192 valence electrons. The number of carbonyl (C=O) groups is 2. The van der Waals surface area contributed by atoms with E-state index in [1.165, 1.54) is 9.47 Å². The fourth-order valence-electron chi connectivity index (χ4n) is 3.90. The average Bonchev–Trinajstić information content (AvgIpc) is 2.85. The van der Waals surface area contributed by atoms with Gasteiger partial charge in [-0.3, -0.25) is 24.1 Å². The summed E-state index contributed by atoms with van der Waals surface area (Å²) in [6.07, 6.45) is 1.93. The first-order chi connectivity index (χ1) is 17.2. The number of nitrogens with two attached hydrogens (primary N) is 1. The number of aromatic amines is 1. The van der Waals surface area contributed by atoms with Crippen molar-refractivity contribution in [2.75, 3.05) is 23.8 Å². The highest BCUT2D eigenvalue weighted by Crippen LogP contribution is 2.23. The number of unbranched alkanes of at least 4 members (excludes halogenated alkanes) is 1. The predicted molar refractivity (Wildman–Crippen MR) is 139 cm³/mol. The molecule has 0 atom stereocenters. The molecule has 3 rings (SSSR count). The lowest BCUT2D eigenvalue weighted by Crippen LogP contribution is -2.43. The molecule has 1 aromatic carbocycles. The van der Waals surface area contributed by atoms with E-state index in [0.29, 0.717) is 29.3 Å². The van der Waals surface area contributed by atoms with Gasteiger partial charge in [0.15, 0.2) is 12.3 Å². The number of fused-ring (bicyclic) bond motifs is 1. The lowest BCUT2D eigenvalue weighted by Gasteiger charge is -2.24. The van der Waals surface area contributed by atoms with Crippen LogP contribution in [0.15, 0.2) is 39.9 Å². The second-order valence-corrected chi connectivity index (χ2v) is 8.89. The van der Waals surface area contributed by atoms with Gasteiger partial charge in [-0.2, -0.15) is 0 Å². The quantitative estimate of drug-likeness (QED) is 0.412. The summed E-state index contributed by atoms with van der Waals surface area (Å²) in [6.45, 7) is 7.62. The minimum Gasteiger partial charge on any atom is -0.452 e. The molecule has 36 heavy (non-hydrogen) atoms. The first-order valence-corrected chi connectivity index (χ1v) is 12.2. The second-order valence-electron chi connectivity index (χ2n) is 8.89. The van der Waals surface area contributed by atoms with Crippen LogP contribution in [0.2, 0.25) is 0 Å². The van der Waals surface area contributed by atoms with Gasteiger partial charge in [-0.1, -0.05) is 52.3 Å². The van der Waals surface area contributed by atoms with Crippen LogP contribution in [0.3, 0.4) is 0 Å². The molecule has 0 aliphatic carbocycles. The van der Waals surface area contributed by atoms with Crippen molar-refractivity contribution in [3.8, 4) is 0 Å². The number of aromatic nitrogens is 3. The summed E-state index contributed by atoms with van der Waals surface area (Å²) in [7, 11) is 0. The zero-order chi connectivity index (χ0) is 26.4. The van der Waals surface area contributed by atoms with E-state index >= 15 is 0 Å². The Morgan fingerprint density at radius 3 is 2.56 bits per heavy atom.